The summed E-state index contributed by atoms with van der Waals surface area (Å²) in [4.78, 5) is 0. The molecule has 88 valence electrons. The monoisotopic (exact) mass is 236 g/mol. The molecule has 0 heterocycles. The maximum absolute atomic E-state index is 6.16. The maximum atomic E-state index is 6.16. The van der Waals surface area contributed by atoms with Gasteiger partial charge in [0.2, 0.25) is 0 Å². The Morgan fingerprint density at radius 2 is 1.69 bits per heavy atom. The highest BCUT2D eigenvalue weighted by Gasteiger charge is 2.43. The van der Waals surface area contributed by atoms with Gasteiger partial charge in [-0.1, -0.05) is 52.0 Å². The van der Waals surface area contributed by atoms with E-state index in [1.54, 1.807) is 0 Å². The lowest BCUT2D eigenvalue weighted by Crippen LogP contribution is -2.42. The summed E-state index contributed by atoms with van der Waals surface area (Å²) in [5.74, 6) is 1.32. The minimum absolute atomic E-state index is 0.202. The van der Waals surface area contributed by atoms with Crippen molar-refractivity contribution in [3.8, 4) is 0 Å². The Labute approximate surface area is 104 Å². The molecule has 1 unspecified atom stereocenters. The van der Waals surface area contributed by atoms with Crippen molar-refractivity contribution in [1.82, 2.24) is 0 Å². The van der Waals surface area contributed by atoms with Crippen molar-refractivity contribution in [3.63, 3.8) is 0 Å². The zero-order valence-electron chi connectivity index (χ0n) is 10.7. The van der Waals surface area contributed by atoms with E-state index in [4.69, 9.17) is 11.6 Å². The SMILES string of the molecule is CC1(C)CC(CCl)C(C)(C)c2ccccc21. The highest BCUT2D eigenvalue weighted by molar-refractivity contribution is 6.18. The largest absolute Gasteiger partial charge is 0.126 e. The fraction of sp³-hybridized carbons (Fsp3) is 0.600. The van der Waals surface area contributed by atoms with Crippen molar-refractivity contribution < 1.29 is 0 Å². The van der Waals surface area contributed by atoms with Crippen LogP contribution in [0.15, 0.2) is 24.3 Å². The molecule has 0 nitrogen and oxygen atoms in total. The molecule has 0 amide bonds. The Morgan fingerprint density at radius 3 is 2.25 bits per heavy atom. The molecule has 1 aromatic rings. The molecule has 1 heteroatoms. The molecule has 0 bridgehead atoms. The highest BCUT2D eigenvalue weighted by Crippen LogP contribution is 2.49. The van der Waals surface area contributed by atoms with E-state index in [0.717, 1.165) is 5.88 Å². The first-order valence-corrected chi connectivity index (χ1v) is 6.59. The minimum atomic E-state index is 0.202. The van der Waals surface area contributed by atoms with Gasteiger partial charge in [0, 0.05) is 5.88 Å². The number of halogens is 1. The summed E-state index contributed by atoms with van der Waals surface area (Å²) >= 11 is 6.16. The van der Waals surface area contributed by atoms with E-state index in [1.807, 2.05) is 0 Å². The van der Waals surface area contributed by atoms with E-state index in [9.17, 15) is 0 Å². The van der Waals surface area contributed by atoms with Crippen molar-refractivity contribution >= 4 is 11.6 Å². The Morgan fingerprint density at radius 1 is 1.12 bits per heavy atom. The van der Waals surface area contributed by atoms with Crippen LogP contribution in [0.3, 0.4) is 0 Å². The van der Waals surface area contributed by atoms with Gasteiger partial charge in [0.1, 0.15) is 0 Å². The average Bonchev–Trinajstić information content (AvgIpc) is 2.24. The van der Waals surface area contributed by atoms with Crippen LogP contribution < -0.4 is 0 Å². The van der Waals surface area contributed by atoms with Gasteiger partial charge in [-0.25, -0.2) is 0 Å². The molecule has 2 rings (SSSR count). The van der Waals surface area contributed by atoms with Crippen LogP contribution in [0.25, 0.3) is 0 Å². The standard InChI is InChI=1S/C15H21Cl/c1-14(2)9-11(10-16)15(3,4)13-8-6-5-7-12(13)14/h5-8,11H,9-10H2,1-4H3. The van der Waals surface area contributed by atoms with E-state index in [0.29, 0.717) is 5.92 Å². The topological polar surface area (TPSA) is 0 Å². The molecule has 1 atom stereocenters. The molecule has 0 aromatic heterocycles. The van der Waals surface area contributed by atoms with Crippen molar-refractivity contribution in [3.05, 3.63) is 35.4 Å². The second-order valence-electron chi connectivity index (χ2n) is 6.21. The predicted molar refractivity (Wildman–Crippen MR) is 71.3 cm³/mol. The maximum Gasteiger partial charge on any atom is 0.0260 e. The molecular weight excluding hydrogens is 216 g/mol. The smallest absolute Gasteiger partial charge is 0.0260 e. The van der Waals surface area contributed by atoms with Crippen LogP contribution in [0, 0.1) is 5.92 Å². The average molecular weight is 237 g/mol. The summed E-state index contributed by atoms with van der Waals surface area (Å²) in [6.45, 7) is 9.32. The van der Waals surface area contributed by atoms with Crippen molar-refractivity contribution in [2.24, 2.45) is 5.92 Å². The van der Waals surface area contributed by atoms with Crippen molar-refractivity contribution in [2.75, 3.05) is 5.88 Å². The molecule has 0 saturated heterocycles. The van der Waals surface area contributed by atoms with E-state index in [1.165, 1.54) is 17.5 Å². The van der Waals surface area contributed by atoms with Crippen molar-refractivity contribution in [2.45, 2.75) is 44.9 Å². The summed E-state index contributed by atoms with van der Waals surface area (Å²) in [5, 5.41) is 0. The Kier molecular flexibility index (Phi) is 2.82. The summed E-state index contributed by atoms with van der Waals surface area (Å²) in [6, 6.07) is 8.85. The molecule has 0 N–H and O–H groups in total. The Bertz CT molecular complexity index is 390. The van der Waals surface area contributed by atoms with Crippen LogP contribution in [0.1, 0.15) is 45.2 Å². The lowest BCUT2D eigenvalue weighted by molar-refractivity contribution is 0.236. The molecule has 1 aromatic carbocycles. The van der Waals surface area contributed by atoms with Crippen LogP contribution in [0.5, 0.6) is 0 Å². The van der Waals surface area contributed by atoms with Crippen LogP contribution in [0.4, 0.5) is 0 Å². The van der Waals surface area contributed by atoms with E-state index < -0.39 is 0 Å². The second-order valence-corrected chi connectivity index (χ2v) is 6.52. The molecule has 1 aliphatic rings. The Hall–Kier alpha value is -0.490. The molecule has 16 heavy (non-hydrogen) atoms. The van der Waals surface area contributed by atoms with E-state index in [-0.39, 0.29) is 10.8 Å². The third-order valence-corrected chi connectivity index (χ3v) is 4.69. The molecule has 1 aliphatic carbocycles. The minimum Gasteiger partial charge on any atom is -0.126 e. The van der Waals surface area contributed by atoms with Crippen LogP contribution in [0.2, 0.25) is 0 Å². The number of hydrogen-bond acceptors (Lipinski definition) is 0. The third-order valence-electron chi connectivity index (χ3n) is 4.31. The summed E-state index contributed by atoms with van der Waals surface area (Å²) < 4.78 is 0. The quantitative estimate of drug-likeness (QED) is 0.630. The number of fused-ring (bicyclic) bond motifs is 1. The predicted octanol–water partition coefficient (Wildman–Crippen LogP) is 4.50. The number of alkyl halides is 1. The fourth-order valence-corrected chi connectivity index (χ4v) is 3.58. The summed E-state index contributed by atoms with van der Waals surface area (Å²) in [7, 11) is 0. The first-order chi connectivity index (χ1) is 7.39. The molecule has 0 saturated carbocycles. The first-order valence-electron chi connectivity index (χ1n) is 6.05. The fourth-order valence-electron chi connectivity index (χ4n) is 3.08. The van der Waals surface area contributed by atoms with Gasteiger partial charge in [-0.15, -0.1) is 11.6 Å². The number of rotatable bonds is 1. The molecule has 0 spiro atoms. The highest BCUT2D eigenvalue weighted by atomic mass is 35.5. The van der Waals surface area contributed by atoms with Gasteiger partial charge < -0.3 is 0 Å². The summed E-state index contributed by atoms with van der Waals surface area (Å²) in [6.07, 6.45) is 1.18. The van der Waals surface area contributed by atoms with Crippen LogP contribution >= 0.6 is 11.6 Å². The zero-order chi connectivity index (χ0) is 12.0. The molecule has 0 fully saturated rings. The van der Waals surface area contributed by atoms with Gasteiger partial charge >= 0.3 is 0 Å². The first kappa shape index (κ1) is 12.0. The van der Waals surface area contributed by atoms with Gasteiger partial charge in [-0.05, 0) is 34.3 Å². The third kappa shape index (κ3) is 1.68. The molecule has 0 radical (unpaired) electrons. The van der Waals surface area contributed by atoms with Crippen LogP contribution in [-0.2, 0) is 10.8 Å². The normalized spacial score (nSPS) is 26.2. The van der Waals surface area contributed by atoms with Gasteiger partial charge in [-0.3, -0.25) is 0 Å². The molecule has 0 aliphatic heterocycles. The van der Waals surface area contributed by atoms with E-state index >= 15 is 0 Å². The molecular formula is C15H21Cl. The number of benzene rings is 1. The Balaban J connectivity index is 2.60. The number of hydrogen-bond donors (Lipinski definition) is 0. The van der Waals surface area contributed by atoms with Gasteiger partial charge in [-0.2, -0.15) is 0 Å². The second kappa shape index (κ2) is 3.77. The van der Waals surface area contributed by atoms with Crippen LogP contribution in [-0.4, -0.2) is 5.88 Å². The lowest BCUT2D eigenvalue weighted by Gasteiger charge is -2.47. The summed E-state index contributed by atoms with van der Waals surface area (Å²) in [5.41, 5.74) is 3.44. The van der Waals surface area contributed by atoms with E-state index in [2.05, 4.69) is 52.0 Å². The van der Waals surface area contributed by atoms with Crippen molar-refractivity contribution in [1.29, 1.82) is 0 Å². The van der Waals surface area contributed by atoms with Gasteiger partial charge in [0.15, 0.2) is 0 Å². The van der Waals surface area contributed by atoms with Gasteiger partial charge in [0.05, 0.1) is 0 Å². The zero-order valence-corrected chi connectivity index (χ0v) is 11.4. The lowest BCUT2D eigenvalue weighted by atomic mass is 9.58. The van der Waals surface area contributed by atoms with Gasteiger partial charge in [0.25, 0.3) is 0 Å².